The minimum absolute atomic E-state index is 0.0659. The number of hydrogen-bond donors (Lipinski definition) is 3. The van der Waals surface area contributed by atoms with Gasteiger partial charge in [-0.25, -0.2) is 0 Å². The van der Waals surface area contributed by atoms with E-state index in [1.807, 2.05) is 6.92 Å². The first-order valence-electron chi connectivity index (χ1n) is 5.40. The third kappa shape index (κ3) is 4.24. The number of anilines is 1. The van der Waals surface area contributed by atoms with Crippen molar-refractivity contribution >= 4 is 17.6 Å². The molecule has 0 fully saturated rings. The summed E-state index contributed by atoms with van der Waals surface area (Å²) < 4.78 is 0. The third-order valence-corrected chi connectivity index (χ3v) is 2.33. The van der Waals surface area contributed by atoms with Crippen molar-refractivity contribution in [3.63, 3.8) is 0 Å². The molecule has 1 unspecified atom stereocenters. The largest absolute Gasteiger partial charge is 0.481 e. The first-order valence-corrected chi connectivity index (χ1v) is 5.40. The van der Waals surface area contributed by atoms with Crippen molar-refractivity contribution in [3.8, 4) is 0 Å². The van der Waals surface area contributed by atoms with Crippen molar-refractivity contribution in [2.45, 2.75) is 25.8 Å². The lowest BCUT2D eigenvalue weighted by Gasteiger charge is -2.10. The molecule has 1 aromatic rings. The van der Waals surface area contributed by atoms with Crippen molar-refractivity contribution in [3.05, 3.63) is 29.8 Å². The van der Waals surface area contributed by atoms with Gasteiger partial charge in [-0.1, -0.05) is 19.1 Å². The Kier molecular flexibility index (Phi) is 4.66. The number of nitrogens with one attached hydrogen (secondary N) is 1. The molecule has 0 bridgehead atoms. The van der Waals surface area contributed by atoms with Crippen LogP contribution in [0.5, 0.6) is 0 Å². The highest BCUT2D eigenvalue weighted by molar-refractivity contribution is 5.94. The maximum atomic E-state index is 11.5. The first kappa shape index (κ1) is 13.2. The van der Waals surface area contributed by atoms with Crippen LogP contribution < -0.4 is 11.1 Å². The van der Waals surface area contributed by atoms with E-state index in [2.05, 4.69) is 5.32 Å². The van der Waals surface area contributed by atoms with E-state index in [9.17, 15) is 9.59 Å². The smallest absolute Gasteiger partial charge is 0.307 e. The fourth-order valence-corrected chi connectivity index (χ4v) is 1.35. The number of benzene rings is 1. The van der Waals surface area contributed by atoms with E-state index in [1.54, 1.807) is 24.3 Å². The van der Waals surface area contributed by atoms with E-state index in [4.69, 9.17) is 10.8 Å². The maximum Gasteiger partial charge on any atom is 0.307 e. The zero-order valence-electron chi connectivity index (χ0n) is 9.64. The second-order valence-corrected chi connectivity index (χ2v) is 3.77. The van der Waals surface area contributed by atoms with Gasteiger partial charge in [-0.3, -0.25) is 9.59 Å². The summed E-state index contributed by atoms with van der Waals surface area (Å²) in [6, 6.07) is 6.19. The van der Waals surface area contributed by atoms with Gasteiger partial charge in [0.2, 0.25) is 5.91 Å². The molecule has 0 aliphatic heterocycles. The Labute approximate surface area is 99.6 Å². The normalized spacial score (nSPS) is 11.9. The monoisotopic (exact) mass is 236 g/mol. The van der Waals surface area contributed by atoms with Gasteiger partial charge >= 0.3 is 5.97 Å². The predicted octanol–water partition coefficient (Wildman–Crippen LogP) is 0.989. The van der Waals surface area contributed by atoms with Gasteiger partial charge in [0.25, 0.3) is 0 Å². The van der Waals surface area contributed by atoms with Crippen LogP contribution in [0.4, 0.5) is 5.69 Å². The zero-order valence-corrected chi connectivity index (χ0v) is 9.64. The fourth-order valence-electron chi connectivity index (χ4n) is 1.35. The molecule has 0 heterocycles. The van der Waals surface area contributed by atoms with Gasteiger partial charge in [-0.05, 0) is 24.1 Å². The van der Waals surface area contributed by atoms with Gasteiger partial charge in [0.15, 0.2) is 0 Å². The van der Waals surface area contributed by atoms with Gasteiger partial charge in [0, 0.05) is 5.69 Å². The van der Waals surface area contributed by atoms with Crippen LogP contribution in [-0.2, 0) is 16.0 Å². The molecular weight excluding hydrogens is 220 g/mol. The summed E-state index contributed by atoms with van der Waals surface area (Å²) in [4.78, 5) is 22.1. The lowest BCUT2D eigenvalue weighted by Crippen LogP contribution is -2.34. The first-order chi connectivity index (χ1) is 8.02. The Bertz CT molecular complexity index is 418. The Hall–Kier alpha value is -1.88. The van der Waals surface area contributed by atoms with Gasteiger partial charge in [-0.15, -0.1) is 0 Å². The summed E-state index contributed by atoms with van der Waals surface area (Å²) in [5, 5.41) is 11.3. The van der Waals surface area contributed by atoms with Gasteiger partial charge < -0.3 is 16.2 Å². The predicted molar refractivity (Wildman–Crippen MR) is 64.7 cm³/mol. The minimum atomic E-state index is -0.904. The molecule has 0 spiro atoms. The molecule has 92 valence electrons. The van der Waals surface area contributed by atoms with E-state index in [0.29, 0.717) is 17.7 Å². The SMILES string of the molecule is CCC(N)C(=O)Nc1cccc(CC(=O)O)c1. The summed E-state index contributed by atoms with van der Waals surface area (Å²) in [6.07, 6.45) is 0.490. The number of hydrogen-bond acceptors (Lipinski definition) is 3. The average Bonchev–Trinajstić information content (AvgIpc) is 2.27. The van der Waals surface area contributed by atoms with Crippen molar-refractivity contribution in [2.75, 3.05) is 5.32 Å². The van der Waals surface area contributed by atoms with Crippen LogP contribution in [0.2, 0.25) is 0 Å². The van der Waals surface area contributed by atoms with Crippen LogP contribution in [0.15, 0.2) is 24.3 Å². The summed E-state index contributed by atoms with van der Waals surface area (Å²) in [5.74, 6) is -1.17. The molecule has 0 aromatic heterocycles. The van der Waals surface area contributed by atoms with Crippen LogP contribution >= 0.6 is 0 Å². The molecule has 0 aliphatic rings. The van der Waals surface area contributed by atoms with Crippen molar-refractivity contribution in [1.29, 1.82) is 0 Å². The molecule has 0 aliphatic carbocycles. The summed E-state index contributed by atoms with van der Waals surface area (Å²) in [6.45, 7) is 1.82. The molecule has 4 N–H and O–H groups in total. The molecule has 5 nitrogen and oxygen atoms in total. The Morgan fingerprint density at radius 1 is 1.47 bits per heavy atom. The highest BCUT2D eigenvalue weighted by Crippen LogP contribution is 2.11. The molecular formula is C12H16N2O3. The quantitative estimate of drug-likeness (QED) is 0.710. The Morgan fingerprint density at radius 2 is 2.18 bits per heavy atom. The number of amides is 1. The molecule has 1 rings (SSSR count). The highest BCUT2D eigenvalue weighted by Gasteiger charge is 2.11. The second kappa shape index (κ2) is 6.00. The molecule has 0 radical (unpaired) electrons. The van der Waals surface area contributed by atoms with E-state index >= 15 is 0 Å². The van der Waals surface area contributed by atoms with Crippen molar-refractivity contribution < 1.29 is 14.7 Å². The van der Waals surface area contributed by atoms with Gasteiger partial charge in [0.1, 0.15) is 0 Å². The number of nitrogens with two attached hydrogens (primary N) is 1. The van der Waals surface area contributed by atoms with E-state index in [0.717, 1.165) is 0 Å². The summed E-state index contributed by atoms with van der Waals surface area (Å²) in [5.41, 5.74) is 6.78. The van der Waals surface area contributed by atoms with E-state index in [1.165, 1.54) is 0 Å². The van der Waals surface area contributed by atoms with Crippen LogP contribution in [-0.4, -0.2) is 23.0 Å². The zero-order chi connectivity index (χ0) is 12.8. The lowest BCUT2D eigenvalue weighted by atomic mass is 10.1. The molecule has 0 saturated carbocycles. The molecule has 1 aromatic carbocycles. The molecule has 5 heteroatoms. The topological polar surface area (TPSA) is 92.4 Å². The number of carboxylic acid groups (broad SMARTS) is 1. The summed E-state index contributed by atoms with van der Waals surface area (Å²) >= 11 is 0. The Balaban J connectivity index is 2.72. The van der Waals surface area contributed by atoms with E-state index < -0.39 is 12.0 Å². The number of rotatable bonds is 5. The number of aliphatic carboxylic acids is 1. The van der Waals surface area contributed by atoms with Gasteiger partial charge in [-0.2, -0.15) is 0 Å². The third-order valence-electron chi connectivity index (χ3n) is 2.33. The van der Waals surface area contributed by atoms with E-state index in [-0.39, 0.29) is 12.3 Å². The minimum Gasteiger partial charge on any atom is -0.481 e. The molecule has 1 atom stereocenters. The number of carbonyl (C=O) groups is 2. The molecule has 1 amide bonds. The molecule has 17 heavy (non-hydrogen) atoms. The average molecular weight is 236 g/mol. The number of carbonyl (C=O) groups excluding carboxylic acids is 1. The summed E-state index contributed by atoms with van der Waals surface area (Å²) in [7, 11) is 0. The van der Waals surface area contributed by atoms with Crippen LogP contribution in [0.1, 0.15) is 18.9 Å². The van der Waals surface area contributed by atoms with Crippen molar-refractivity contribution in [2.24, 2.45) is 5.73 Å². The van der Waals surface area contributed by atoms with Gasteiger partial charge in [0.05, 0.1) is 12.5 Å². The van der Waals surface area contributed by atoms with Crippen LogP contribution in [0, 0.1) is 0 Å². The lowest BCUT2D eigenvalue weighted by molar-refractivity contribution is -0.136. The fraction of sp³-hybridized carbons (Fsp3) is 0.333. The second-order valence-electron chi connectivity index (χ2n) is 3.77. The van der Waals surface area contributed by atoms with Crippen LogP contribution in [0.3, 0.4) is 0 Å². The Morgan fingerprint density at radius 3 is 2.76 bits per heavy atom. The van der Waals surface area contributed by atoms with Crippen LogP contribution in [0.25, 0.3) is 0 Å². The van der Waals surface area contributed by atoms with Crippen molar-refractivity contribution in [1.82, 2.24) is 0 Å². The number of carboxylic acids is 1. The standard InChI is InChI=1S/C12H16N2O3/c1-2-10(13)12(17)14-9-5-3-4-8(6-9)7-11(15)16/h3-6,10H,2,7,13H2,1H3,(H,14,17)(H,15,16). The maximum absolute atomic E-state index is 11.5. The molecule has 0 saturated heterocycles. The highest BCUT2D eigenvalue weighted by atomic mass is 16.4.